The number of furan rings is 1. The number of rotatable bonds is 5. The van der Waals surface area contributed by atoms with Gasteiger partial charge in [-0.05, 0) is 37.3 Å². The summed E-state index contributed by atoms with van der Waals surface area (Å²) < 4.78 is 39.6. The minimum absolute atomic E-state index is 0.123. The number of hydrogen-bond donors (Lipinski definition) is 1. The third-order valence-corrected chi connectivity index (χ3v) is 4.39. The standard InChI is InChI=1S/C17H13F2N5O2S/c1-2-24-15(12-4-3-7-25-12)21-22-16(24)13(27)14-20-17(26-23-14)10-8-9(18)5-6-11(10)19/h3-8,13,27H,2H2,1H3. The van der Waals surface area contributed by atoms with Crippen molar-refractivity contribution in [3.05, 3.63) is 59.9 Å². The molecule has 3 heterocycles. The van der Waals surface area contributed by atoms with Crippen LogP contribution in [0.5, 0.6) is 0 Å². The first-order chi connectivity index (χ1) is 13.1. The molecule has 4 rings (SSSR count). The molecule has 27 heavy (non-hydrogen) atoms. The van der Waals surface area contributed by atoms with Crippen molar-refractivity contribution in [3.63, 3.8) is 0 Å². The number of nitrogens with zero attached hydrogens (tertiary/aromatic N) is 5. The summed E-state index contributed by atoms with van der Waals surface area (Å²) in [6, 6.07) is 6.52. The summed E-state index contributed by atoms with van der Waals surface area (Å²) in [5.74, 6) is 0.309. The first-order valence-electron chi connectivity index (χ1n) is 8.02. The quantitative estimate of drug-likeness (QED) is 0.521. The van der Waals surface area contributed by atoms with E-state index >= 15 is 0 Å². The lowest BCUT2D eigenvalue weighted by molar-refractivity contribution is 0.420. The Labute approximate surface area is 157 Å². The Morgan fingerprint density at radius 2 is 2.07 bits per heavy atom. The molecular formula is C17H13F2N5O2S. The fraction of sp³-hybridized carbons (Fsp3) is 0.176. The van der Waals surface area contributed by atoms with Gasteiger partial charge >= 0.3 is 0 Å². The van der Waals surface area contributed by atoms with E-state index in [-0.39, 0.29) is 17.3 Å². The van der Waals surface area contributed by atoms with Gasteiger partial charge in [0.1, 0.15) is 16.9 Å². The molecule has 4 aromatic rings. The molecule has 138 valence electrons. The number of aromatic nitrogens is 5. The van der Waals surface area contributed by atoms with Crippen molar-refractivity contribution in [2.75, 3.05) is 0 Å². The fourth-order valence-electron chi connectivity index (χ4n) is 2.65. The zero-order valence-electron chi connectivity index (χ0n) is 14.0. The summed E-state index contributed by atoms with van der Waals surface area (Å²) >= 11 is 4.51. The van der Waals surface area contributed by atoms with Crippen LogP contribution in [-0.2, 0) is 6.54 Å². The summed E-state index contributed by atoms with van der Waals surface area (Å²) in [5.41, 5.74) is -0.123. The lowest BCUT2D eigenvalue weighted by atomic mass is 10.2. The molecule has 0 saturated carbocycles. The normalized spacial score (nSPS) is 12.4. The molecule has 0 radical (unpaired) electrons. The molecule has 1 unspecified atom stereocenters. The van der Waals surface area contributed by atoms with E-state index in [2.05, 4.69) is 33.0 Å². The Balaban J connectivity index is 1.69. The van der Waals surface area contributed by atoms with Gasteiger partial charge in [0.15, 0.2) is 23.2 Å². The molecule has 3 aromatic heterocycles. The summed E-state index contributed by atoms with van der Waals surface area (Å²) in [5, 5.41) is 11.4. The van der Waals surface area contributed by atoms with Crippen LogP contribution in [0.25, 0.3) is 23.0 Å². The summed E-state index contributed by atoms with van der Waals surface area (Å²) in [7, 11) is 0. The smallest absolute Gasteiger partial charge is 0.261 e. The van der Waals surface area contributed by atoms with Gasteiger partial charge in [-0.15, -0.1) is 10.2 Å². The van der Waals surface area contributed by atoms with E-state index in [1.165, 1.54) is 0 Å². The van der Waals surface area contributed by atoms with Crippen molar-refractivity contribution >= 4 is 12.6 Å². The van der Waals surface area contributed by atoms with Crippen LogP contribution in [0.1, 0.15) is 23.8 Å². The van der Waals surface area contributed by atoms with Crippen LogP contribution >= 0.6 is 12.6 Å². The molecule has 0 amide bonds. The van der Waals surface area contributed by atoms with Crippen LogP contribution in [0.15, 0.2) is 45.5 Å². The SMILES string of the molecule is CCn1c(-c2ccco2)nnc1C(S)c1noc(-c2cc(F)ccc2F)n1. The minimum atomic E-state index is -0.685. The van der Waals surface area contributed by atoms with Crippen LogP contribution < -0.4 is 0 Å². The van der Waals surface area contributed by atoms with Crippen LogP contribution in [0, 0.1) is 11.6 Å². The predicted molar refractivity (Wildman–Crippen MR) is 93.9 cm³/mol. The average molecular weight is 389 g/mol. The maximum atomic E-state index is 13.9. The van der Waals surface area contributed by atoms with Crippen molar-refractivity contribution in [1.82, 2.24) is 24.9 Å². The zero-order chi connectivity index (χ0) is 19.0. The molecule has 1 aromatic carbocycles. The fourth-order valence-corrected chi connectivity index (χ4v) is 2.95. The van der Waals surface area contributed by atoms with Gasteiger partial charge < -0.3 is 13.5 Å². The van der Waals surface area contributed by atoms with Crippen LogP contribution in [0.2, 0.25) is 0 Å². The van der Waals surface area contributed by atoms with Crippen molar-refractivity contribution in [3.8, 4) is 23.0 Å². The lowest BCUT2D eigenvalue weighted by Crippen LogP contribution is -2.08. The van der Waals surface area contributed by atoms with E-state index in [0.29, 0.717) is 24.0 Å². The first-order valence-corrected chi connectivity index (χ1v) is 8.54. The van der Waals surface area contributed by atoms with Gasteiger partial charge in [0.2, 0.25) is 0 Å². The maximum absolute atomic E-state index is 13.9. The third kappa shape index (κ3) is 3.12. The third-order valence-electron chi connectivity index (χ3n) is 3.93. The Kier molecular flexibility index (Phi) is 4.48. The Hall–Kier alpha value is -3.01. The van der Waals surface area contributed by atoms with E-state index in [9.17, 15) is 8.78 Å². The Bertz CT molecular complexity index is 1080. The van der Waals surface area contributed by atoms with Gasteiger partial charge in [0, 0.05) is 6.54 Å². The van der Waals surface area contributed by atoms with Crippen molar-refractivity contribution in [2.24, 2.45) is 0 Å². The van der Waals surface area contributed by atoms with Gasteiger partial charge in [-0.2, -0.15) is 17.6 Å². The maximum Gasteiger partial charge on any atom is 0.261 e. The minimum Gasteiger partial charge on any atom is -0.461 e. The zero-order valence-corrected chi connectivity index (χ0v) is 14.9. The molecule has 0 aliphatic carbocycles. The van der Waals surface area contributed by atoms with Gasteiger partial charge in [-0.25, -0.2) is 8.78 Å². The van der Waals surface area contributed by atoms with E-state index < -0.39 is 16.9 Å². The second kappa shape index (κ2) is 6.95. The molecule has 1 atom stereocenters. The highest BCUT2D eigenvalue weighted by Gasteiger charge is 2.26. The van der Waals surface area contributed by atoms with Crippen LogP contribution in [-0.4, -0.2) is 24.9 Å². The number of hydrogen-bond acceptors (Lipinski definition) is 7. The van der Waals surface area contributed by atoms with E-state index in [1.54, 1.807) is 23.0 Å². The van der Waals surface area contributed by atoms with Crippen molar-refractivity contribution in [1.29, 1.82) is 0 Å². The molecule has 0 aliphatic heterocycles. The monoisotopic (exact) mass is 389 g/mol. The molecule has 0 aliphatic rings. The van der Waals surface area contributed by atoms with Crippen molar-refractivity contribution < 1.29 is 17.7 Å². The molecule has 7 nitrogen and oxygen atoms in total. The molecular weight excluding hydrogens is 376 g/mol. The van der Waals surface area contributed by atoms with Crippen LogP contribution in [0.3, 0.4) is 0 Å². The first kappa shape index (κ1) is 17.4. The highest BCUT2D eigenvalue weighted by atomic mass is 32.1. The highest BCUT2D eigenvalue weighted by molar-refractivity contribution is 7.80. The topological polar surface area (TPSA) is 82.8 Å². The summed E-state index contributed by atoms with van der Waals surface area (Å²) in [4.78, 5) is 4.14. The second-order valence-electron chi connectivity index (χ2n) is 5.59. The van der Waals surface area contributed by atoms with E-state index in [0.717, 1.165) is 18.2 Å². The average Bonchev–Trinajstić information content (AvgIpc) is 3.42. The molecule has 0 saturated heterocycles. The Morgan fingerprint density at radius 3 is 2.81 bits per heavy atom. The molecule has 10 heteroatoms. The molecule has 0 N–H and O–H groups in total. The summed E-state index contributed by atoms with van der Waals surface area (Å²) in [6.45, 7) is 2.47. The molecule has 0 bridgehead atoms. The van der Waals surface area contributed by atoms with Gasteiger partial charge in [0.05, 0.1) is 11.8 Å². The van der Waals surface area contributed by atoms with Crippen molar-refractivity contribution in [2.45, 2.75) is 18.7 Å². The highest BCUT2D eigenvalue weighted by Crippen LogP contribution is 2.30. The van der Waals surface area contributed by atoms with Gasteiger partial charge in [0.25, 0.3) is 5.89 Å². The second-order valence-corrected chi connectivity index (χ2v) is 6.10. The van der Waals surface area contributed by atoms with Gasteiger partial charge in [-0.1, -0.05) is 5.16 Å². The molecule has 0 fully saturated rings. The van der Waals surface area contributed by atoms with E-state index in [4.69, 9.17) is 8.94 Å². The lowest BCUT2D eigenvalue weighted by Gasteiger charge is -2.09. The number of benzene rings is 1. The number of thiol groups is 1. The van der Waals surface area contributed by atoms with E-state index in [1.807, 2.05) is 6.92 Å². The summed E-state index contributed by atoms with van der Waals surface area (Å²) in [6.07, 6.45) is 1.54. The number of halogens is 2. The Morgan fingerprint density at radius 1 is 1.22 bits per heavy atom. The molecule has 0 spiro atoms. The van der Waals surface area contributed by atoms with Crippen LogP contribution in [0.4, 0.5) is 8.78 Å². The van der Waals surface area contributed by atoms with Gasteiger partial charge in [-0.3, -0.25) is 0 Å². The largest absolute Gasteiger partial charge is 0.461 e. The predicted octanol–water partition coefficient (Wildman–Crippen LogP) is 3.91.